The highest BCUT2D eigenvalue weighted by molar-refractivity contribution is 4.84. The summed E-state index contributed by atoms with van der Waals surface area (Å²) in [5.74, 6) is 0. The Labute approximate surface area is 94.7 Å². The molecular formula is C13H26N2. The Morgan fingerprint density at radius 2 is 2.33 bits per heavy atom. The molecule has 0 spiro atoms. The molecule has 1 aliphatic rings. The monoisotopic (exact) mass is 210 g/mol. The molecule has 0 radical (unpaired) electrons. The zero-order chi connectivity index (χ0) is 10.9. The van der Waals surface area contributed by atoms with E-state index in [9.17, 15) is 0 Å². The maximum Gasteiger partial charge on any atom is 0.0195 e. The zero-order valence-corrected chi connectivity index (χ0v) is 10.3. The lowest BCUT2D eigenvalue weighted by atomic mass is 10.2. The summed E-state index contributed by atoms with van der Waals surface area (Å²) in [6, 6.07) is 0.743. The van der Waals surface area contributed by atoms with Crippen molar-refractivity contribution in [3.63, 3.8) is 0 Å². The molecule has 1 saturated heterocycles. The van der Waals surface area contributed by atoms with Crippen molar-refractivity contribution in [3.05, 3.63) is 12.2 Å². The smallest absolute Gasteiger partial charge is 0.0195 e. The second kappa shape index (κ2) is 7.89. The molecule has 0 aromatic heterocycles. The molecule has 0 saturated carbocycles. The summed E-state index contributed by atoms with van der Waals surface area (Å²) < 4.78 is 0. The van der Waals surface area contributed by atoms with Crippen LogP contribution in [0, 0.1) is 0 Å². The lowest BCUT2D eigenvalue weighted by Crippen LogP contribution is -2.38. The molecule has 0 bridgehead atoms. The lowest BCUT2D eigenvalue weighted by molar-refractivity contribution is 0.269. The molecule has 0 aromatic carbocycles. The number of nitrogens with one attached hydrogen (secondary N) is 1. The Morgan fingerprint density at radius 1 is 1.47 bits per heavy atom. The molecule has 0 aliphatic carbocycles. The van der Waals surface area contributed by atoms with E-state index in [1.807, 2.05) is 0 Å². The summed E-state index contributed by atoms with van der Waals surface area (Å²) >= 11 is 0. The number of nitrogens with zero attached hydrogens (tertiary/aromatic N) is 1. The number of unbranched alkanes of at least 4 members (excludes halogenated alkanes) is 1. The molecule has 0 amide bonds. The maximum absolute atomic E-state index is 3.57. The average molecular weight is 210 g/mol. The fourth-order valence-corrected chi connectivity index (χ4v) is 2.12. The van der Waals surface area contributed by atoms with Crippen LogP contribution in [0.3, 0.4) is 0 Å². The van der Waals surface area contributed by atoms with Crippen LogP contribution >= 0.6 is 0 Å². The fraction of sp³-hybridized carbons (Fsp3) is 0.846. The van der Waals surface area contributed by atoms with E-state index >= 15 is 0 Å². The van der Waals surface area contributed by atoms with Crippen molar-refractivity contribution in [1.29, 1.82) is 0 Å². The van der Waals surface area contributed by atoms with E-state index in [1.54, 1.807) is 0 Å². The van der Waals surface area contributed by atoms with Gasteiger partial charge in [0.05, 0.1) is 0 Å². The van der Waals surface area contributed by atoms with Gasteiger partial charge in [0.25, 0.3) is 0 Å². The van der Waals surface area contributed by atoms with Crippen molar-refractivity contribution in [2.45, 2.75) is 45.6 Å². The van der Waals surface area contributed by atoms with Crippen molar-refractivity contribution in [2.24, 2.45) is 0 Å². The standard InChI is InChI=1S/C13H26N2/c1-3-5-10-15(11-6-4-2)12-13-8-7-9-14-13/h3,5,13-14H,4,6-12H2,1-2H3/b5-3+. The van der Waals surface area contributed by atoms with E-state index in [0.29, 0.717) is 0 Å². The van der Waals surface area contributed by atoms with Gasteiger partial charge < -0.3 is 5.32 Å². The van der Waals surface area contributed by atoms with Crippen LogP contribution in [0.25, 0.3) is 0 Å². The first-order valence-corrected chi connectivity index (χ1v) is 6.43. The van der Waals surface area contributed by atoms with Crippen molar-refractivity contribution < 1.29 is 0 Å². The van der Waals surface area contributed by atoms with Crippen LogP contribution < -0.4 is 5.32 Å². The van der Waals surface area contributed by atoms with Gasteiger partial charge in [-0.15, -0.1) is 0 Å². The first-order chi connectivity index (χ1) is 7.36. The van der Waals surface area contributed by atoms with Gasteiger partial charge in [-0.25, -0.2) is 0 Å². The molecule has 1 fully saturated rings. The Morgan fingerprint density at radius 3 is 2.93 bits per heavy atom. The minimum absolute atomic E-state index is 0.743. The molecule has 1 aliphatic heterocycles. The van der Waals surface area contributed by atoms with Crippen LogP contribution in [0.5, 0.6) is 0 Å². The predicted molar refractivity (Wildman–Crippen MR) is 67.2 cm³/mol. The molecule has 2 heteroatoms. The Kier molecular flexibility index (Phi) is 6.69. The van der Waals surface area contributed by atoms with E-state index in [2.05, 4.69) is 36.2 Å². The Hall–Kier alpha value is -0.340. The van der Waals surface area contributed by atoms with E-state index in [4.69, 9.17) is 0 Å². The molecule has 88 valence electrons. The van der Waals surface area contributed by atoms with Gasteiger partial charge in [-0.3, -0.25) is 4.90 Å². The third-order valence-electron chi connectivity index (χ3n) is 3.07. The van der Waals surface area contributed by atoms with E-state index in [1.165, 1.54) is 45.3 Å². The highest BCUT2D eigenvalue weighted by Gasteiger charge is 2.16. The molecule has 1 unspecified atom stereocenters. The number of rotatable bonds is 7. The van der Waals surface area contributed by atoms with E-state index in [0.717, 1.165) is 12.6 Å². The molecule has 2 nitrogen and oxygen atoms in total. The second-order valence-electron chi connectivity index (χ2n) is 4.48. The van der Waals surface area contributed by atoms with Crippen LogP contribution in [0.4, 0.5) is 0 Å². The number of hydrogen-bond donors (Lipinski definition) is 1. The molecule has 0 aromatic rings. The first-order valence-electron chi connectivity index (χ1n) is 6.43. The third kappa shape index (κ3) is 5.33. The van der Waals surface area contributed by atoms with Crippen LogP contribution in [0.15, 0.2) is 12.2 Å². The minimum atomic E-state index is 0.743. The highest BCUT2D eigenvalue weighted by atomic mass is 15.1. The fourth-order valence-electron chi connectivity index (χ4n) is 2.12. The number of allylic oxidation sites excluding steroid dienone is 1. The van der Waals surface area contributed by atoms with Crippen LogP contribution in [0.1, 0.15) is 39.5 Å². The summed E-state index contributed by atoms with van der Waals surface area (Å²) in [4.78, 5) is 2.58. The normalized spacial score (nSPS) is 21.9. The van der Waals surface area contributed by atoms with E-state index < -0.39 is 0 Å². The summed E-state index contributed by atoms with van der Waals surface area (Å²) in [5.41, 5.74) is 0. The molecule has 1 rings (SSSR count). The van der Waals surface area contributed by atoms with Gasteiger partial charge in [0.15, 0.2) is 0 Å². The summed E-state index contributed by atoms with van der Waals surface area (Å²) in [6.07, 6.45) is 9.76. The SMILES string of the molecule is C/C=C/CN(CCCC)CC1CCCN1. The zero-order valence-electron chi connectivity index (χ0n) is 10.3. The molecular weight excluding hydrogens is 184 g/mol. The van der Waals surface area contributed by atoms with Crippen LogP contribution in [-0.2, 0) is 0 Å². The molecule has 1 heterocycles. The summed E-state index contributed by atoms with van der Waals surface area (Å²) in [7, 11) is 0. The topological polar surface area (TPSA) is 15.3 Å². The largest absolute Gasteiger partial charge is 0.313 e. The van der Waals surface area contributed by atoms with Crippen LogP contribution in [-0.4, -0.2) is 37.1 Å². The molecule has 1 N–H and O–H groups in total. The van der Waals surface area contributed by atoms with Gasteiger partial charge in [0, 0.05) is 19.1 Å². The minimum Gasteiger partial charge on any atom is -0.313 e. The quantitative estimate of drug-likeness (QED) is 0.649. The second-order valence-corrected chi connectivity index (χ2v) is 4.48. The van der Waals surface area contributed by atoms with Gasteiger partial charge in [0.1, 0.15) is 0 Å². The molecule has 15 heavy (non-hydrogen) atoms. The average Bonchev–Trinajstić information content (AvgIpc) is 2.74. The predicted octanol–water partition coefficient (Wildman–Crippen LogP) is 2.42. The van der Waals surface area contributed by atoms with Gasteiger partial charge >= 0.3 is 0 Å². The van der Waals surface area contributed by atoms with E-state index in [-0.39, 0.29) is 0 Å². The Bertz CT molecular complexity index is 171. The molecule has 1 atom stereocenters. The Balaban J connectivity index is 2.25. The van der Waals surface area contributed by atoms with Gasteiger partial charge in [-0.1, -0.05) is 25.5 Å². The van der Waals surface area contributed by atoms with Crippen molar-refractivity contribution in [2.75, 3.05) is 26.2 Å². The lowest BCUT2D eigenvalue weighted by Gasteiger charge is -2.24. The summed E-state index contributed by atoms with van der Waals surface area (Å²) in [5, 5.41) is 3.57. The first kappa shape index (κ1) is 12.7. The summed E-state index contributed by atoms with van der Waals surface area (Å²) in [6.45, 7) is 9.18. The third-order valence-corrected chi connectivity index (χ3v) is 3.07. The van der Waals surface area contributed by atoms with Gasteiger partial charge in [-0.05, 0) is 39.3 Å². The van der Waals surface area contributed by atoms with Crippen molar-refractivity contribution >= 4 is 0 Å². The maximum atomic E-state index is 3.57. The highest BCUT2D eigenvalue weighted by Crippen LogP contribution is 2.07. The van der Waals surface area contributed by atoms with Crippen molar-refractivity contribution in [1.82, 2.24) is 10.2 Å². The van der Waals surface area contributed by atoms with Gasteiger partial charge in [-0.2, -0.15) is 0 Å². The van der Waals surface area contributed by atoms with Crippen LogP contribution in [0.2, 0.25) is 0 Å². The van der Waals surface area contributed by atoms with Crippen molar-refractivity contribution in [3.8, 4) is 0 Å². The number of hydrogen-bond acceptors (Lipinski definition) is 2. The van der Waals surface area contributed by atoms with Gasteiger partial charge in [0.2, 0.25) is 0 Å².